The Hall–Kier alpha value is -1.83. The zero-order valence-electron chi connectivity index (χ0n) is 12.7. The van der Waals surface area contributed by atoms with E-state index in [1.54, 1.807) is 19.2 Å². The molecule has 0 spiro atoms. The number of anilines is 1. The van der Waals surface area contributed by atoms with Crippen LogP contribution in [0.5, 0.6) is 5.75 Å². The zero-order chi connectivity index (χ0) is 15.5. The molecule has 1 fully saturated rings. The number of halogens is 2. The summed E-state index contributed by atoms with van der Waals surface area (Å²) in [5, 5.41) is 3.03. The first kappa shape index (κ1) is 17.5. The highest BCUT2D eigenvalue weighted by Crippen LogP contribution is 2.44. The second-order valence-electron chi connectivity index (χ2n) is 5.27. The van der Waals surface area contributed by atoms with E-state index in [0.29, 0.717) is 17.3 Å². The molecule has 1 aliphatic carbocycles. The number of para-hydroxylation sites is 2. The minimum Gasteiger partial charge on any atom is -0.495 e. The number of nitrogens with zero attached hydrogens (tertiary/aromatic N) is 1. The summed E-state index contributed by atoms with van der Waals surface area (Å²) in [6, 6.07) is 14.3. The fraction of sp³-hybridized carbons (Fsp3) is 0.235. The number of hydrogen-bond donors (Lipinski definition) is 2. The van der Waals surface area contributed by atoms with Crippen molar-refractivity contribution in [2.24, 2.45) is 10.7 Å². The lowest BCUT2D eigenvalue weighted by atomic mass is 10.1. The molecule has 2 atom stereocenters. The molecule has 0 radical (unpaired) electrons. The van der Waals surface area contributed by atoms with Crippen molar-refractivity contribution in [3.05, 3.63) is 59.9 Å². The van der Waals surface area contributed by atoms with Crippen LogP contribution < -0.4 is 15.8 Å². The van der Waals surface area contributed by atoms with E-state index in [1.807, 2.05) is 30.3 Å². The summed E-state index contributed by atoms with van der Waals surface area (Å²) < 4.78 is 19.0. The number of nitrogens with one attached hydrogen (secondary N) is 1. The van der Waals surface area contributed by atoms with Crippen molar-refractivity contribution in [3.63, 3.8) is 0 Å². The molecule has 1 aliphatic rings. The quantitative estimate of drug-likeness (QED) is 0.444. The van der Waals surface area contributed by atoms with Crippen LogP contribution in [0.1, 0.15) is 17.9 Å². The van der Waals surface area contributed by atoms with Gasteiger partial charge in [0.05, 0.1) is 18.8 Å². The minimum absolute atomic E-state index is 0. The third-order valence-electron chi connectivity index (χ3n) is 3.74. The molecule has 0 heterocycles. The Balaban J connectivity index is 0.00000192. The number of hydrogen-bond acceptors (Lipinski definition) is 2. The van der Waals surface area contributed by atoms with Gasteiger partial charge >= 0.3 is 0 Å². The highest BCUT2D eigenvalue weighted by molar-refractivity contribution is 14.0. The summed E-state index contributed by atoms with van der Waals surface area (Å²) >= 11 is 0. The van der Waals surface area contributed by atoms with E-state index in [2.05, 4.69) is 10.3 Å². The number of aliphatic imine (C=N–C) groups is 1. The van der Waals surface area contributed by atoms with E-state index in [0.717, 1.165) is 12.1 Å². The lowest BCUT2D eigenvalue weighted by Crippen LogP contribution is -2.23. The van der Waals surface area contributed by atoms with Crippen LogP contribution in [0.4, 0.5) is 10.1 Å². The number of methoxy groups -OCH3 is 1. The summed E-state index contributed by atoms with van der Waals surface area (Å²) in [7, 11) is 1.60. The van der Waals surface area contributed by atoms with Gasteiger partial charge in [-0.2, -0.15) is 0 Å². The Labute approximate surface area is 152 Å². The van der Waals surface area contributed by atoms with Crippen molar-refractivity contribution in [2.75, 3.05) is 12.4 Å². The molecule has 2 aromatic rings. The maximum Gasteiger partial charge on any atom is 0.193 e. The van der Waals surface area contributed by atoms with E-state index in [1.165, 1.54) is 6.07 Å². The molecule has 0 aliphatic heterocycles. The van der Waals surface area contributed by atoms with Crippen LogP contribution in [0.3, 0.4) is 0 Å². The average molecular weight is 427 g/mol. The molecule has 3 rings (SSSR count). The van der Waals surface area contributed by atoms with Gasteiger partial charge in [-0.3, -0.25) is 0 Å². The Bertz CT molecular complexity index is 708. The number of benzene rings is 2. The molecule has 2 aromatic carbocycles. The molecule has 1 saturated carbocycles. The minimum atomic E-state index is -0.179. The highest BCUT2D eigenvalue weighted by Gasteiger charge is 2.40. The molecule has 2 unspecified atom stereocenters. The molecule has 0 amide bonds. The normalized spacial score (nSPS) is 19.7. The summed E-state index contributed by atoms with van der Waals surface area (Å²) in [5.41, 5.74) is 7.41. The van der Waals surface area contributed by atoms with Gasteiger partial charge in [0.1, 0.15) is 11.6 Å². The second kappa shape index (κ2) is 7.63. The van der Waals surface area contributed by atoms with Crippen molar-refractivity contribution in [2.45, 2.75) is 18.4 Å². The molecule has 23 heavy (non-hydrogen) atoms. The Kier molecular flexibility index (Phi) is 5.81. The summed E-state index contributed by atoms with van der Waals surface area (Å²) in [6.45, 7) is 0. The Morgan fingerprint density at radius 3 is 2.65 bits per heavy atom. The van der Waals surface area contributed by atoms with Gasteiger partial charge in [-0.25, -0.2) is 9.38 Å². The molecule has 6 heteroatoms. The SMILES string of the molecule is COc1ccccc1NC(N)=NC1CC1c1ccccc1F.I. The maximum absolute atomic E-state index is 13.7. The van der Waals surface area contributed by atoms with Gasteiger partial charge < -0.3 is 15.8 Å². The summed E-state index contributed by atoms with van der Waals surface area (Å²) in [6.07, 6.45) is 0.815. The maximum atomic E-state index is 13.7. The largest absolute Gasteiger partial charge is 0.495 e. The number of guanidine groups is 1. The Morgan fingerprint density at radius 1 is 1.22 bits per heavy atom. The van der Waals surface area contributed by atoms with Gasteiger partial charge in [0.2, 0.25) is 0 Å². The number of nitrogens with two attached hydrogens (primary N) is 1. The highest BCUT2D eigenvalue weighted by atomic mass is 127. The van der Waals surface area contributed by atoms with Crippen LogP contribution in [-0.2, 0) is 0 Å². The van der Waals surface area contributed by atoms with Crippen LogP contribution in [0.15, 0.2) is 53.5 Å². The second-order valence-corrected chi connectivity index (χ2v) is 5.27. The van der Waals surface area contributed by atoms with Crippen molar-refractivity contribution in [1.82, 2.24) is 0 Å². The third kappa shape index (κ3) is 4.13. The van der Waals surface area contributed by atoms with Crippen molar-refractivity contribution >= 4 is 35.6 Å². The van der Waals surface area contributed by atoms with Crippen LogP contribution >= 0.6 is 24.0 Å². The van der Waals surface area contributed by atoms with E-state index < -0.39 is 0 Å². The van der Waals surface area contributed by atoms with E-state index in [-0.39, 0.29) is 41.8 Å². The van der Waals surface area contributed by atoms with Crippen LogP contribution in [0.2, 0.25) is 0 Å². The number of ether oxygens (including phenoxy) is 1. The molecule has 0 bridgehead atoms. The average Bonchev–Trinajstić information content (AvgIpc) is 3.27. The molecule has 3 N–H and O–H groups in total. The van der Waals surface area contributed by atoms with Crippen LogP contribution in [0.25, 0.3) is 0 Å². The molecular formula is C17H19FIN3O. The standard InChI is InChI=1S/C17H18FN3O.HI/c1-22-16-9-5-4-8-14(16)20-17(19)21-15-10-12(15)11-6-2-3-7-13(11)18;/h2-9,12,15H,10H2,1H3,(H3,19,20,21);1H. The first-order valence-electron chi connectivity index (χ1n) is 7.17. The lowest BCUT2D eigenvalue weighted by Gasteiger charge is -2.10. The zero-order valence-corrected chi connectivity index (χ0v) is 15.0. The summed E-state index contributed by atoms with van der Waals surface area (Å²) in [5.74, 6) is 0.941. The van der Waals surface area contributed by atoms with E-state index >= 15 is 0 Å². The lowest BCUT2D eigenvalue weighted by molar-refractivity contribution is 0.417. The monoisotopic (exact) mass is 427 g/mol. The van der Waals surface area contributed by atoms with Gasteiger partial charge in [-0.05, 0) is 30.2 Å². The van der Waals surface area contributed by atoms with Gasteiger partial charge in [0.15, 0.2) is 5.96 Å². The van der Waals surface area contributed by atoms with Crippen molar-refractivity contribution in [1.29, 1.82) is 0 Å². The van der Waals surface area contributed by atoms with Crippen molar-refractivity contribution < 1.29 is 9.13 Å². The van der Waals surface area contributed by atoms with Gasteiger partial charge in [0.25, 0.3) is 0 Å². The van der Waals surface area contributed by atoms with Crippen LogP contribution in [0, 0.1) is 5.82 Å². The first-order chi connectivity index (χ1) is 10.7. The van der Waals surface area contributed by atoms with Gasteiger partial charge in [-0.1, -0.05) is 30.3 Å². The third-order valence-corrected chi connectivity index (χ3v) is 3.74. The van der Waals surface area contributed by atoms with E-state index in [4.69, 9.17) is 10.5 Å². The van der Waals surface area contributed by atoms with Gasteiger partial charge in [0, 0.05) is 5.92 Å². The van der Waals surface area contributed by atoms with Crippen molar-refractivity contribution in [3.8, 4) is 5.75 Å². The summed E-state index contributed by atoms with van der Waals surface area (Å²) in [4.78, 5) is 4.42. The molecule has 122 valence electrons. The predicted molar refractivity (Wildman–Crippen MR) is 101 cm³/mol. The van der Waals surface area contributed by atoms with E-state index in [9.17, 15) is 4.39 Å². The topological polar surface area (TPSA) is 59.6 Å². The molecule has 0 saturated heterocycles. The van der Waals surface area contributed by atoms with Crippen LogP contribution in [-0.4, -0.2) is 19.1 Å². The molecule has 0 aromatic heterocycles. The van der Waals surface area contributed by atoms with Gasteiger partial charge in [-0.15, -0.1) is 24.0 Å². The first-order valence-corrected chi connectivity index (χ1v) is 7.17. The predicted octanol–water partition coefficient (Wildman–Crippen LogP) is 3.74. The molecular weight excluding hydrogens is 408 g/mol. The smallest absolute Gasteiger partial charge is 0.193 e. The Morgan fingerprint density at radius 2 is 1.91 bits per heavy atom. The molecule has 4 nitrogen and oxygen atoms in total. The number of rotatable bonds is 4. The fourth-order valence-corrected chi connectivity index (χ4v) is 2.53. The fourth-order valence-electron chi connectivity index (χ4n) is 2.53.